The van der Waals surface area contributed by atoms with E-state index in [9.17, 15) is 14.7 Å². The lowest BCUT2D eigenvalue weighted by Gasteiger charge is -2.37. The number of benzene rings is 1. The molecule has 0 spiro atoms. The summed E-state index contributed by atoms with van der Waals surface area (Å²) in [5.41, 5.74) is 2.05. The number of aliphatic carboxylic acids is 1. The van der Waals surface area contributed by atoms with Gasteiger partial charge in [-0.15, -0.1) is 0 Å². The number of carboxylic acid groups (broad SMARTS) is 1. The van der Waals surface area contributed by atoms with Crippen molar-refractivity contribution in [2.24, 2.45) is 5.92 Å². The molecular formula is C19H23N3O3. The zero-order valence-electron chi connectivity index (χ0n) is 14.8. The maximum atomic E-state index is 13.0. The molecule has 0 radical (unpaired) electrons. The molecule has 2 aromatic rings. The predicted octanol–water partition coefficient (Wildman–Crippen LogP) is 2.63. The van der Waals surface area contributed by atoms with E-state index in [0.717, 1.165) is 16.6 Å². The van der Waals surface area contributed by atoms with Gasteiger partial charge < -0.3 is 14.9 Å². The zero-order chi connectivity index (χ0) is 18.1. The lowest BCUT2D eigenvalue weighted by Crippen LogP contribution is -2.49. The van der Waals surface area contributed by atoms with Crippen LogP contribution < -0.4 is 4.90 Å². The summed E-state index contributed by atoms with van der Waals surface area (Å²) >= 11 is 0. The van der Waals surface area contributed by atoms with Crippen LogP contribution in [0.15, 0.2) is 30.3 Å². The third kappa shape index (κ3) is 3.16. The lowest BCUT2D eigenvalue weighted by atomic mass is 9.90. The quantitative estimate of drug-likeness (QED) is 0.929. The molecule has 0 unspecified atom stereocenters. The number of para-hydroxylation sites is 1. The van der Waals surface area contributed by atoms with Gasteiger partial charge in [0.15, 0.2) is 0 Å². The number of fused-ring (bicyclic) bond motifs is 1. The normalized spacial score (nSPS) is 20.5. The molecule has 1 aromatic carbocycles. The highest BCUT2D eigenvalue weighted by molar-refractivity contribution is 6.00. The van der Waals surface area contributed by atoms with E-state index in [1.165, 1.54) is 0 Å². The highest BCUT2D eigenvalue weighted by Gasteiger charge is 2.36. The van der Waals surface area contributed by atoms with E-state index >= 15 is 0 Å². The second-order valence-electron chi connectivity index (χ2n) is 6.76. The van der Waals surface area contributed by atoms with E-state index in [0.29, 0.717) is 25.1 Å². The second-order valence-corrected chi connectivity index (χ2v) is 6.76. The average Bonchev–Trinajstić information content (AvgIpc) is 2.60. The fourth-order valence-electron chi connectivity index (χ4n) is 3.54. The number of likely N-dealkylation sites (tertiary alicyclic amines) is 1. The van der Waals surface area contributed by atoms with Gasteiger partial charge in [-0.2, -0.15) is 0 Å². The Morgan fingerprint density at radius 2 is 2.00 bits per heavy atom. The number of carbonyl (C=O) groups excluding carboxylic acids is 1. The molecule has 0 bridgehead atoms. The Bertz CT molecular complexity index is 819. The molecule has 132 valence electrons. The van der Waals surface area contributed by atoms with Gasteiger partial charge in [0, 0.05) is 37.8 Å². The molecule has 1 aromatic heterocycles. The molecular weight excluding hydrogens is 318 g/mol. The molecule has 1 aliphatic heterocycles. The SMILES string of the molecule is C[C@@H]1[C@H](C(=O)O)CCCN1C(=O)c1cc(N(C)C)c2ccccc2n1. The number of hydrogen-bond acceptors (Lipinski definition) is 4. The molecule has 0 saturated carbocycles. The van der Waals surface area contributed by atoms with Gasteiger partial charge >= 0.3 is 5.97 Å². The van der Waals surface area contributed by atoms with Crippen molar-refractivity contribution in [2.75, 3.05) is 25.5 Å². The number of carbonyl (C=O) groups is 2. The summed E-state index contributed by atoms with van der Waals surface area (Å²) in [5, 5.41) is 10.4. The van der Waals surface area contributed by atoms with Gasteiger partial charge in [0.05, 0.1) is 11.4 Å². The fourth-order valence-corrected chi connectivity index (χ4v) is 3.54. The predicted molar refractivity (Wildman–Crippen MR) is 96.9 cm³/mol. The first kappa shape index (κ1) is 17.2. The van der Waals surface area contributed by atoms with Gasteiger partial charge in [-0.1, -0.05) is 18.2 Å². The lowest BCUT2D eigenvalue weighted by molar-refractivity contribution is -0.144. The monoisotopic (exact) mass is 341 g/mol. The first-order valence-corrected chi connectivity index (χ1v) is 8.51. The maximum absolute atomic E-state index is 13.0. The third-order valence-electron chi connectivity index (χ3n) is 4.96. The van der Waals surface area contributed by atoms with Crippen LogP contribution in [0.25, 0.3) is 10.9 Å². The Morgan fingerprint density at radius 3 is 2.68 bits per heavy atom. The molecule has 1 N–H and O–H groups in total. The number of nitrogens with zero attached hydrogens (tertiary/aromatic N) is 3. The van der Waals surface area contributed by atoms with Crippen LogP contribution in [0, 0.1) is 5.92 Å². The van der Waals surface area contributed by atoms with Crippen LogP contribution in [0.4, 0.5) is 5.69 Å². The van der Waals surface area contributed by atoms with Crippen LogP contribution in [-0.4, -0.2) is 53.5 Å². The van der Waals surface area contributed by atoms with Gasteiger partial charge in [0.1, 0.15) is 5.69 Å². The number of pyridine rings is 1. The zero-order valence-corrected chi connectivity index (χ0v) is 14.8. The molecule has 1 amide bonds. The highest BCUT2D eigenvalue weighted by atomic mass is 16.4. The van der Waals surface area contributed by atoms with Crippen LogP contribution in [-0.2, 0) is 4.79 Å². The smallest absolute Gasteiger partial charge is 0.308 e. The van der Waals surface area contributed by atoms with E-state index in [-0.39, 0.29) is 11.9 Å². The van der Waals surface area contributed by atoms with E-state index in [1.807, 2.05) is 50.2 Å². The van der Waals surface area contributed by atoms with Crippen molar-refractivity contribution < 1.29 is 14.7 Å². The van der Waals surface area contributed by atoms with Gasteiger partial charge in [0.2, 0.25) is 0 Å². The summed E-state index contributed by atoms with van der Waals surface area (Å²) in [5.74, 6) is -1.57. The van der Waals surface area contributed by atoms with Crippen LogP contribution in [0.5, 0.6) is 0 Å². The number of amides is 1. The van der Waals surface area contributed by atoms with Crippen molar-refractivity contribution in [3.8, 4) is 0 Å². The van der Waals surface area contributed by atoms with Crippen molar-refractivity contribution in [1.82, 2.24) is 9.88 Å². The Labute approximate surface area is 147 Å². The van der Waals surface area contributed by atoms with Crippen LogP contribution >= 0.6 is 0 Å². The number of carboxylic acids is 1. The molecule has 1 fully saturated rings. The van der Waals surface area contributed by atoms with Crippen LogP contribution in [0.3, 0.4) is 0 Å². The van der Waals surface area contributed by atoms with E-state index in [2.05, 4.69) is 4.98 Å². The first-order valence-electron chi connectivity index (χ1n) is 8.51. The molecule has 6 nitrogen and oxygen atoms in total. The summed E-state index contributed by atoms with van der Waals surface area (Å²) in [6.07, 6.45) is 1.30. The second kappa shape index (κ2) is 6.70. The Kier molecular flexibility index (Phi) is 4.61. The number of hydrogen-bond donors (Lipinski definition) is 1. The van der Waals surface area contributed by atoms with Crippen molar-refractivity contribution >= 4 is 28.5 Å². The molecule has 6 heteroatoms. The van der Waals surface area contributed by atoms with Crippen molar-refractivity contribution in [3.05, 3.63) is 36.0 Å². The first-order chi connectivity index (χ1) is 11.9. The molecule has 2 atom stereocenters. The van der Waals surface area contributed by atoms with Gasteiger partial charge in [0.25, 0.3) is 5.91 Å². The van der Waals surface area contributed by atoms with Crippen LogP contribution in [0.2, 0.25) is 0 Å². The number of aromatic nitrogens is 1. The summed E-state index contributed by atoms with van der Waals surface area (Å²) in [7, 11) is 3.86. The number of piperidine rings is 1. The Hall–Kier alpha value is -2.63. The molecule has 3 rings (SSSR count). The highest BCUT2D eigenvalue weighted by Crippen LogP contribution is 2.28. The maximum Gasteiger partial charge on any atom is 0.308 e. The minimum atomic E-state index is -0.842. The molecule has 1 saturated heterocycles. The molecule has 1 aliphatic rings. The van der Waals surface area contributed by atoms with Crippen LogP contribution in [0.1, 0.15) is 30.3 Å². The number of rotatable bonds is 3. The average molecular weight is 341 g/mol. The summed E-state index contributed by atoms with van der Waals surface area (Å²) in [6, 6.07) is 9.17. The van der Waals surface area contributed by atoms with Gasteiger partial charge in [-0.3, -0.25) is 9.59 Å². The minimum Gasteiger partial charge on any atom is -0.481 e. The van der Waals surface area contributed by atoms with Gasteiger partial charge in [-0.05, 0) is 31.9 Å². The Balaban J connectivity index is 2.01. The topological polar surface area (TPSA) is 73.7 Å². The molecule has 0 aliphatic carbocycles. The van der Waals surface area contributed by atoms with Crippen molar-refractivity contribution in [1.29, 1.82) is 0 Å². The molecule has 25 heavy (non-hydrogen) atoms. The fraction of sp³-hybridized carbons (Fsp3) is 0.421. The summed E-state index contributed by atoms with van der Waals surface area (Å²) in [4.78, 5) is 32.6. The van der Waals surface area contributed by atoms with E-state index in [4.69, 9.17) is 0 Å². The third-order valence-corrected chi connectivity index (χ3v) is 4.96. The number of anilines is 1. The van der Waals surface area contributed by atoms with E-state index in [1.54, 1.807) is 11.0 Å². The summed E-state index contributed by atoms with van der Waals surface area (Å²) in [6.45, 7) is 2.37. The van der Waals surface area contributed by atoms with E-state index < -0.39 is 11.9 Å². The van der Waals surface area contributed by atoms with Gasteiger partial charge in [-0.25, -0.2) is 4.98 Å². The largest absolute Gasteiger partial charge is 0.481 e. The minimum absolute atomic E-state index is 0.202. The molecule has 2 heterocycles. The standard InChI is InChI=1S/C19H23N3O3/c1-12-13(19(24)25)8-6-10-22(12)18(23)16-11-17(21(2)3)14-7-4-5-9-15(14)20-16/h4-5,7,9,11-13H,6,8,10H2,1-3H3,(H,24,25)/t12-,13-/m1/s1. The summed E-state index contributed by atoms with van der Waals surface area (Å²) < 4.78 is 0. The van der Waals surface area contributed by atoms with Crippen molar-refractivity contribution in [2.45, 2.75) is 25.8 Å². The van der Waals surface area contributed by atoms with Crippen molar-refractivity contribution in [3.63, 3.8) is 0 Å². The Morgan fingerprint density at radius 1 is 1.28 bits per heavy atom.